The Balaban J connectivity index is 1.56. The molecule has 25 heavy (non-hydrogen) atoms. The molecule has 2 fully saturated rings. The fourth-order valence-electron chi connectivity index (χ4n) is 4.13. The summed E-state index contributed by atoms with van der Waals surface area (Å²) in [5.41, 5.74) is 6.96. The van der Waals surface area contributed by atoms with Crippen molar-refractivity contribution >= 4 is 17.4 Å². The van der Waals surface area contributed by atoms with Gasteiger partial charge in [0.1, 0.15) is 11.6 Å². The van der Waals surface area contributed by atoms with Crippen molar-refractivity contribution in [3.63, 3.8) is 0 Å². The van der Waals surface area contributed by atoms with Gasteiger partial charge in [-0.2, -0.15) is 14.5 Å². The lowest BCUT2D eigenvalue weighted by Gasteiger charge is -2.21. The lowest BCUT2D eigenvalue weighted by atomic mass is 10.0. The average molecular weight is 336 g/mol. The number of nitrogens with zero attached hydrogens (tertiary/aromatic N) is 7. The van der Waals surface area contributed by atoms with Crippen LogP contribution in [0.4, 0.5) is 11.6 Å². The quantitative estimate of drug-likeness (QED) is 0.739. The van der Waals surface area contributed by atoms with Crippen molar-refractivity contribution in [2.75, 3.05) is 43.9 Å². The number of hydrogen-bond donors (Lipinski definition) is 1. The Bertz CT molecular complexity index is 907. The van der Waals surface area contributed by atoms with Crippen molar-refractivity contribution in [1.29, 1.82) is 0 Å². The molecule has 2 aliphatic rings. The van der Waals surface area contributed by atoms with Gasteiger partial charge in [-0.15, -0.1) is 5.10 Å². The summed E-state index contributed by atoms with van der Waals surface area (Å²) in [6.07, 6.45) is 3.48. The number of rotatable bonds is 2. The molecule has 2 atom stereocenters. The summed E-state index contributed by atoms with van der Waals surface area (Å²) < 4.78 is 1.82. The van der Waals surface area contributed by atoms with Gasteiger partial charge in [0.15, 0.2) is 5.82 Å². The summed E-state index contributed by atoms with van der Waals surface area (Å²) in [6, 6.07) is 5.70. The van der Waals surface area contributed by atoms with Gasteiger partial charge >= 0.3 is 0 Å². The molecule has 128 valence electrons. The summed E-state index contributed by atoms with van der Waals surface area (Å²) >= 11 is 0. The molecule has 2 unspecified atom stereocenters. The molecule has 3 aromatic rings. The zero-order chi connectivity index (χ0) is 17.0. The van der Waals surface area contributed by atoms with E-state index in [-0.39, 0.29) is 0 Å². The van der Waals surface area contributed by atoms with Crippen molar-refractivity contribution in [3.8, 4) is 11.4 Å². The van der Waals surface area contributed by atoms with Crippen LogP contribution >= 0.6 is 0 Å². The second-order valence-corrected chi connectivity index (χ2v) is 7.07. The standard InChI is InChI=1S/C17H20N8/c1-23-7-12-9-24(10-13(12)8-23)15-6-14(18)20-17-21-16(22-25(15)17)11-2-4-19-5-3-11/h2-6,12-13H,7-10H2,1H3,(H2,18,20,21,22). The van der Waals surface area contributed by atoms with Crippen LogP contribution in [0.15, 0.2) is 30.6 Å². The zero-order valence-electron chi connectivity index (χ0n) is 14.1. The van der Waals surface area contributed by atoms with Gasteiger partial charge in [-0.25, -0.2) is 0 Å². The summed E-state index contributed by atoms with van der Waals surface area (Å²) in [7, 11) is 2.20. The highest BCUT2D eigenvalue weighted by molar-refractivity contribution is 5.60. The Hall–Kier alpha value is -2.74. The van der Waals surface area contributed by atoms with Crippen LogP contribution in [0.2, 0.25) is 0 Å². The van der Waals surface area contributed by atoms with Gasteiger partial charge in [0.25, 0.3) is 5.78 Å². The normalized spacial score (nSPS) is 23.5. The molecule has 5 heterocycles. The van der Waals surface area contributed by atoms with Crippen LogP contribution < -0.4 is 10.6 Å². The van der Waals surface area contributed by atoms with Crippen molar-refractivity contribution < 1.29 is 0 Å². The van der Waals surface area contributed by atoms with Gasteiger partial charge in [0, 0.05) is 50.2 Å². The van der Waals surface area contributed by atoms with Crippen molar-refractivity contribution in [1.82, 2.24) is 29.5 Å². The van der Waals surface area contributed by atoms with E-state index in [0.29, 0.717) is 29.3 Å². The Morgan fingerprint density at radius 2 is 1.76 bits per heavy atom. The first-order valence-corrected chi connectivity index (χ1v) is 8.54. The third kappa shape index (κ3) is 2.41. The van der Waals surface area contributed by atoms with E-state index in [2.05, 4.69) is 36.9 Å². The van der Waals surface area contributed by atoms with Crippen molar-refractivity contribution in [2.24, 2.45) is 11.8 Å². The third-order valence-corrected chi connectivity index (χ3v) is 5.24. The van der Waals surface area contributed by atoms with Crippen molar-refractivity contribution in [3.05, 3.63) is 30.6 Å². The van der Waals surface area contributed by atoms with Crippen LogP contribution in [0, 0.1) is 11.8 Å². The predicted molar refractivity (Wildman–Crippen MR) is 95.1 cm³/mol. The number of pyridine rings is 1. The van der Waals surface area contributed by atoms with Crippen LogP contribution in [0.25, 0.3) is 17.2 Å². The average Bonchev–Trinajstić information content (AvgIpc) is 3.27. The maximum atomic E-state index is 6.04. The molecular formula is C17H20N8. The Morgan fingerprint density at radius 3 is 2.48 bits per heavy atom. The lowest BCUT2D eigenvalue weighted by Crippen LogP contribution is -2.28. The zero-order valence-corrected chi connectivity index (χ0v) is 14.1. The fourth-order valence-corrected chi connectivity index (χ4v) is 4.13. The molecule has 8 nitrogen and oxygen atoms in total. The third-order valence-electron chi connectivity index (χ3n) is 5.24. The molecule has 0 saturated carbocycles. The van der Waals surface area contributed by atoms with E-state index in [4.69, 9.17) is 5.73 Å². The second-order valence-electron chi connectivity index (χ2n) is 7.07. The predicted octanol–water partition coefficient (Wildman–Crippen LogP) is 0.766. The molecule has 2 aliphatic heterocycles. The fraction of sp³-hybridized carbons (Fsp3) is 0.412. The summed E-state index contributed by atoms with van der Waals surface area (Å²) in [5.74, 6) is 4.05. The number of hydrogen-bond acceptors (Lipinski definition) is 7. The molecule has 2 N–H and O–H groups in total. The molecule has 0 bridgehead atoms. The maximum absolute atomic E-state index is 6.04. The molecule has 0 aromatic carbocycles. The SMILES string of the molecule is CN1CC2CN(c3cc(N)nc4nc(-c5ccncc5)nn34)CC2C1. The van der Waals surface area contributed by atoms with Gasteiger partial charge in [0.2, 0.25) is 0 Å². The van der Waals surface area contributed by atoms with E-state index in [1.165, 1.54) is 0 Å². The Labute approximate surface area is 145 Å². The summed E-state index contributed by atoms with van der Waals surface area (Å²) in [4.78, 5) is 17.8. The number of likely N-dealkylation sites (tertiary alicyclic amines) is 1. The van der Waals surface area contributed by atoms with E-state index in [1.807, 2.05) is 22.7 Å². The minimum Gasteiger partial charge on any atom is -0.383 e. The van der Waals surface area contributed by atoms with Gasteiger partial charge in [-0.1, -0.05) is 0 Å². The molecule has 0 aliphatic carbocycles. The van der Waals surface area contributed by atoms with Crippen LogP contribution in [0.3, 0.4) is 0 Å². The summed E-state index contributed by atoms with van der Waals surface area (Å²) in [5, 5.41) is 4.69. The van der Waals surface area contributed by atoms with E-state index < -0.39 is 0 Å². The van der Waals surface area contributed by atoms with Crippen LogP contribution in [-0.4, -0.2) is 62.7 Å². The number of aromatic nitrogens is 5. The molecule has 0 radical (unpaired) electrons. The first-order chi connectivity index (χ1) is 12.2. The first kappa shape index (κ1) is 14.6. The molecule has 2 saturated heterocycles. The van der Waals surface area contributed by atoms with Gasteiger partial charge < -0.3 is 15.5 Å². The van der Waals surface area contributed by atoms with E-state index in [1.54, 1.807) is 12.4 Å². The van der Waals surface area contributed by atoms with E-state index in [9.17, 15) is 0 Å². The van der Waals surface area contributed by atoms with Crippen LogP contribution in [-0.2, 0) is 0 Å². The Kier molecular flexibility index (Phi) is 3.14. The number of nitrogen functional groups attached to an aromatic ring is 1. The maximum Gasteiger partial charge on any atom is 0.256 e. The first-order valence-electron chi connectivity index (χ1n) is 8.54. The molecule has 0 amide bonds. The molecule has 5 rings (SSSR count). The minimum absolute atomic E-state index is 0.477. The number of anilines is 2. The van der Waals surface area contributed by atoms with Crippen LogP contribution in [0.5, 0.6) is 0 Å². The summed E-state index contributed by atoms with van der Waals surface area (Å²) in [6.45, 7) is 4.37. The highest BCUT2D eigenvalue weighted by atomic mass is 15.4. The molecule has 3 aromatic heterocycles. The topological polar surface area (TPSA) is 88.5 Å². The molecule has 0 spiro atoms. The van der Waals surface area contributed by atoms with Gasteiger partial charge in [-0.05, 0) is 31.0 Å². The smallest absolute Gasteiger partial charge is 0.256 e. The Morgan fingerprint density at radius 1 is 1.04 bits per heavy atom. The largest absolute Gasteiger partial charge is 0.383 e. The van der Waals surface area contributed by atoms with Crippen LogP contribution in [0.1, 0.15) is 0 Å². The highest BCUT2D eigenvalue weighted by Gasteiger charge is 2.39. The van der Waals surface area contributed by atoms with E-state index >= 15 is 0 Å². The molecule has 8 heteroatoms. The molecular weight excluding hydrogens is 316 g/mol. The van der Waals surface area contributed by atoms with Gasteiger partial charge in [-0.3, -0.25) is 4.98 Å². The minimum atomic E-state index is 0.477. The second kappa shape index (κ2) is 5.38. The van der Waals surface area contributed by atoms with Crippen molar-refractivity contribution in [2.45, 2.75) is 0 Å². The van der Waals surface area contributed by atoms with Gasteiger partial charge in [0.05, 0.1) is 0 Å². The highest BCUT2D eigenvalue weighted by Crippen LogP contribution is 2.34. The number of nitrogens with two attached hydrogens (primary N) is 1. The number of fused-ring (bicyclic) bond motifs is 2. The lowest BCUT2D eigenvalue weighted by molar-refractivity contribution is 0.386. The van der Waals surface area contributed by atoms with E-state index in [0.717, 1.165) is 37.6 Å². The monoisotopic (exact) mass is 336 g/mol.